The van der Waals surface area contributed by atoms with Gasteiger partial charge in [-0.15, -0.1) is 0 Å². The van der Waals surface area contributed by atoms with E-state index in [1.54, 1.807) is 0 Å². The van der Waals surface area contributed by atoms with Crippen LogP contribution in [0.3, 0.4) is 0 Å². The van der Waals surface area contributed by atoms with E-state index in [1.807, 2.05) is 0 Å². The van der Waals surface area contributed by atoms with Gasteiger partial charge >= 0.3 is 24.2 Å². The molecule has 2 aromatic rings. The van der Waals surface area contributed by atoms with Crippen molar-refractivity contribution in [1.82, 2.24) is 0 Å². The number of benzene rings is 2. The van der Waals surface area contributed by atoms with E-state index in [9.17, 15) is 43.9 Å². The van der Waals surface area contributed by atoms with Gasteiger partial charge in [-0.1, -0.05) is 35.3 Å². The van der Waals surface area contributed by atoms with Gasteiger partial charge in [0.2, 0.25) is 0 Å². The zero-order valence-electron chi connectivity index (χ0n) is 13.0. The quantitative estimate of drug-likeness (QED) is 0.410. The van der Waals surface area contributed by atoms with Gasteiger partial charge in [-0.2, -0.15) is 43.9 Å². The molecule has 28 heavy (non-hydrogen) atoms. The van der Waals surface area contributed by atoms with Crippen molar-refractivity contribution < 1.29 is 43.9 Å². The number of halogens is 12. The normalized spacial score (nSPS) is 13.7. The van der Waals surface area contributed by atoms with E-state index in [0.717, 1.165) is 0 Å². The number of rotatable bonds is 3. The molecule has 0 saturated carbocycles. The minimum atomic E-state index is -5.30. The van der Waals surface area contributed by atoms with Crippen LogP contribution in [0, 0.1) is 0 Å². The average Bonchev–Trinajstić information content (AvgIpc) is 2.52. The number of alkyl halides is 10. The maximum absolute atomic E-state index is 14.4. The Bertz CT molecular complexity index is 810. The first-order valence-electron chi connectivity index (χ1n) is 6.99. The lowest BCUT2D eigenvalue weighted by molar-refractivity contribution is -0.224. The first kappa shape index (κ1) is 22.6. The second-order valence-electron chi connectivity index (χ2n) is 5.53. The summed E-state index contributed by atoms with van der Waals surface area (Å²) in [6.07, 6.45) is -10.4. The molecule has 0 aliphatic carbocycles. The number of hydrogen-bond acceptors (Lipinski definition) is 0. The highest BCUT2D eigenvalue weighted by Crippen LogP contribution is 2.52. The molecule has 0 amide bonds. The lowest BCUT2D eigenvalue weighted by Crippen LogP contribution is -2.36. The first-order valence-corrected chi connectivity index (χ1v) is 7.75. The van der Waals surface area contributed by atoms with E-state index in [0.29, 0.717) is 12.1 Å². The smallest absolute Gasteiger partial charge is 0.194 e. The maximum atomic E-state index is 14.4. The molecule has 0 spiro atoms. The largest absolute Gasteiger partial charge is 0.417 e. The zero-order valence-corrected chi connectivity index (χ0v) is 14.5. The Morgan fingerprint density at radius 1 is 0.500 bits per heavy atom. The summed E-state index contributed by atoms with van der Waals surface area (Å²) in [4.78, 5) is 0. The van der Waals surface area contributed by atoms with Crippen LogP contribution >= 0.6 is 23.2 Å². The summed E-state index contributed by atoms with van der Waals surface area (Å²) < 4.78 is 134. The molecule has 0 unspecified atom stereocenters. The van der Waals surface area contributed by atoms with Crippen molar-refractivity contribution in [3.8, 4) is 0 Å². The predicted octanol–water partition coefficient (Wildman–Crippen LogP) is 7.91. The Morgan fingerprint density at radius 3 is 1.04 bits per heavy atom. The molecule has 0 N–H and O–H groups in total. The Hall–Kier alpha value is -1.68. The minimum Gasteiger partial charge on any atom is -0.194 e. The van der Waals surface area contributed by atoms with E-state index in [2.05, 4.69) is 0 Å². The van der Waals surface area contributed by atoms with Crippen molar-refractivity contribution in [1.29, 1.82) is 0 Å². The lowest BCUT2D eigenvalue weighted by atomic mass is 9.93. The predicted molar refractivity (Wildman–Crippen MR) is 80.7 cm³/mol. The Kier molecular flexibility index (Phi) is 5.64. The Balaban J connectivity index is 2.62. The van der Waals surface area contributed by atoms with Gasteiger partial charge in [-0.05, 0) is 24.3 Å². The maximum Gasteiger partial charge on any atom is 0.417 e. The minimum absolute atomic E-state index is 0.228. The van der Waals surface area contributed by atoms with Gasteiger partial charge in [0.15, 0.2) is 0 Å². The van der Waals surface area contributed by atoms with Gasteiger partial charge in [0.25, 0.3) is 0 Å². The third-order valence-corrected chi connectivity index (χ3v) is 4.32. The van der Waals surface area contributed by atoms with Crippen LogP contribution in [-0.4, -0.2) is 0 Å². The molecule has 0 aromatic heterocycles. The van der Waals surface area contributed by atoms with Crippen LogP contribution in [0.15, 0.2) is 36.4 Å². The highest BCUT2D eigenvalue weighted by molar-refractivity contribution is 6.31. The lowest BCUT2D eigenvalue weighted by Gasteiger charge is -2.28. The summed E-state index contributed by atoms with van der Waals surface area (Å²) in [5, 5.41) is -2.03. The van der Waals surface area contributed by atoms with Crippen LogP contribution in [0.5, 0.6) is 0 Å². The third kappa shape index (κ3) is 4.03. The molecule has 0 bridgehead atoms. The topological polar surface area (TPSA) is 0 Å². The summed E-state index contributed by atoms with van der Waals surface area (Å²) in [5.41, 5.74) is -7.15. The van der Waals surface area contributed by atoms with Crippen LogP contribution in [0.4, 0.5) is 43.9 Å². The Labute approximate surface area is 160 Å². The van der Waals surface area contributed by atoms with Crippen molar-refractivity contribution in [2.24, 2.45) is 0 Å². The van der Waals surface area contributed by atoms with Crippen LogP contribution < -0.4 is 0 Å². The Morgan fingerprint density at radius 2 is 0.786 bits per heavy atom. The zero-order chi connectivity index (χ0) is 21.7. The van der Waals surface area contributed by atoms with Crippen molar-refractivity contribution in [2.45, 2.75) is 24.2 Å². The second-order valence-corrected chi connectivity index (χ2v) is 6.35. The summed E-state index contributed by atoms with van der Waals surface area (Å²) in [5.74, 6) is -10.6. The van der Waals surface area contributed by atoms with Gasteiger partial charge in [0.05, 0.1) is 21.2 Å². The molecule has 0 aliphatic rings. The third-order valence-electron chi connectivity index (χ3n) is 3.66. The van der Waals surface area contributed by atoms with E-state index in [4.69, 9.17) is 23.2 Å². The highest BCUT2D eigenvalue weighted by Gasteiger charge is 2.59. The van der Waals surface area contributed by atoms with Crippen molar-refractivity contribution in [3.63, 3.8) is 0 Å². The highest BCUT2D eigenvalue weighted by atomic mass is 35.5. The monoisotopic (exact) mass is 458 g/mol. The van der Waals surface area contributed by atoms with Gasteiger partial charge in [0, 0.05) is 11.1 Å². The molecule has 0 atom stereocenters. The fourth-order valence-electron chi connectivity index (χ4n) is 2.24. The summed E-state index contributed by atoms with van der Waals surface area (Å²) in [6.45, 7) is 0. The molecule has 2 rings (SSSR count). The summed E-state index contributed by atoms with van der Waals surface area (Å²) in [6, 6.07) is 0.575. The van der Waals surface area contributed by atoms with Crippen LogP contribution in [-0.2, 0) is 24.2 Å². The van der Waals surface area contributed by atoms with E-state index < -0.39 is 56.5 Å². The number of hydrogen-bond donors (Lipinski definition) is 0. The van der Waals surface area contributed by atoms with Crippen LogP contribution in [0.25, 0.3) is 0 Å². The van der Waals surface area contributed by atoms with Crippen molar-refractivity contribution in [3.05, 3.63) is 68.7 Å². The molecule has 0 saturated heterocycles. The van der Waals surface area contributed by atoms with E-state index >= 15 is 0 Å². The van der Waals surface area contributed by atoms with Gasteiger partial charge < -0.3 is 0 Å². The molecule has 154 valence electrons. The average molecular weight is 459 g/mol. The summed E-state index contributed by atoms with van der Waals surface area (Å²) >= 11 is 10.5. The SMILES string of the molecule is FC(F)(F)c1cc(C(F)(F)C(F)(F)c2ccc(Cl)c(C(F)(F)F)c2)ccc1Cl. The van der Waals surface area contributed by atoms with Gasteiger partial charge in [-0.3, -0.25) is 0 Å². The molecule has 0 aliphatic heterocycles. The van der Waals surface area contributed by atoms with E-state index in [1.165, 1.54) is 0 Å². The molecule has 12 heteroatoms. The van der Waals surface area contributed by atoms with Crippen molar-refractivity contribution in [2.75, 3.05) is 0 Å². The molecule has 0 nitrogen and oxygen atoms in total. The van der Waals surface area contributed by atoms with E-state index in [-0.39, 0.29) is 24.3 Å². The van der Waals surface area contributed by atoms with Crippen LogP contribution in [0.1, 0.15) is 22.3 Å². The molecule has 0 heterocycles. The first-order chi connectivity index (χ1) is 12.5. The van der Waals surface area contributed by atoms with Gasteiger partial charge in [0.1, 0.15) is 0 Å². The fourth-order valence-corrected chi connectivity index (χ4v) is 2.69. The summed E-state index contributed by atoms with van der Waals surface area (Å²) in [7, 11) is 0. The van der Waals surface area contributed by atoms with Gasteiger partial charge in [-0.25, -0.2) is 0 Å². The molecule has 2 aromatic carbocycles. The molecular weight excluding hydrogens is 453 g/mol. The second kappa shape index (κ2) is 6.98. The van der Waals surface area contributed by atoms with Crippen LogP contribution in [0.2, 0.25) is 10.0 Å². The van der Waals surface area contributed by atoms with Crippen molar-refractivity contribution >= 4 is 23.2 Å². The molecule has 0 fully saturated rings. The molecular formula is C16H6Cl2F10. The standard InChI is InChI=1S/C16H6Cl2F10/c17-11-3-1-7(5-9(11)15(23,24)25)13(19,20)14(21,22)8-2-4-12(18)10(6-8)16(26,27)28/h1-6H. The fraction of sp³-hybridized carbons (Fsp3) is 0.250. The molecule has 0 radical (unpaired) electrons.